The van der Waals surface area contributed by atoms with E-state index in [0.717, 1.165) is 45.8 Å². The van der Waals surface area contributed by atoms with Gasteiger partial charge in [0.25, 0.3) is 0 Å². The molecule has 1 N–H and O–H groups in total. The van der Waals surface area contributed by atoms with Crippen LogP contribution in [0.25, 0.3) is 0 Å². The van der Waals surface area contributed by atoms with Crippen LogP contribution < -0.4 is 5.32 Å². The summed E-state index contributed by atoms with van der Waals surface area (Å²) in [5.41, 5.74) is 0. The molecule has 4 nitrogen and oxygen atoms in total. The third-order valence-corrected chi connectivity index (χ3v) is 3.19. The number of rotatable bonds is 15. The molecule has 0 atom stereocenters. The molecular weight excluding hydrogens is 240 g/mol. The van der Waals surface area contributed by atoms with Crippen molar-refractivity contribution in [1.82, 2.24) is 10.2 Å². The molecule has 19 heavy (non-hydrogen) atoms. The van der Waals surface area contributed by atoms with Gasteiger partial charge in [0.2, 0.25) is 0 Å². The largest absolute Gasteiger partial charge is 0.385 e. The number of unbranched alkanes of at least 4 members (excludes halogenated alkanes) is 2. The Hall–Kier alpha value is -0.160. The molecule has 0 radical (unpaired) electrons. The van der Waals surface area contributed by atoms with E-state index >= 15 is 0 Å². The third-order valence-electron chi connectivity index (χ3n) is 3.19. The van der Waals surface area contributed by atoms with Gasteiger partial charge in [0, 0.05) is 33.9 Å². The van der Waals surface area contributed by atoms with Crippen LogP contribution in [0.1, 0.15) is 39.0 Å². The summed E-state index contributed by atoms with van der Waals surface area (Å²) in [5, 5.41) is 3.45. The van der Waals surface area contributed by atoms with Crippen LogP contribution in [0.4, 0.5) is 0 Å². The van der Waals surface area contributed by atoms with Gasteiger partial charge < -0.3 is 19.7 Å². The smallest absolute Gasteiger partial charge is 0.0589 e. The lowest BCUT2D eigenvalue weighted by atomic mass is 10.2. The molecule has 116 valence electrons. The number of ether oxygens (including phenoxy) is 2. The zero-order valence-electron chi connectivity index (χ0n) is 13.2. The normalized spacial score (nSPS) is 11.4. The van der Waals surface area contributed by atoms with E-state index in [4.69, 9.17) is 9.47 Å². The highest BCUT2D eigenvalue weighted by atomic mass is 16.5. The molecule has 0 aliphatic heterocycles. The fourth-order valence-electron chi connectivity index (χ4n) is 2.05. The van der Waals surface area contributed by atoms with E-state index in [9.17, 15) is 0 Å². The summed E-state index contributed by atoms with van der Waals surface area (Å²) in [6.07, 6.45) is 6.22. The molecule has 0 unspecified atom stereocenters. The zero-order chi connectivity index (χ0) is 14.2. The maximum atomic E-state index is 5.17. The Morgan fingerprint density at radius 2 is 1.53 bits per heavy atom. The summed E-state index contributed by atoms with van der Waals surface area (Å²) in [7, 11) is 3.54. The molecule has 0 aromatic rings. The second-order valence-corrected chi connectivity index (χ2v) is 4.99. The molecule has 0 aliphatic rings. The van der Waals surface area contributed by atoms with Crippen LogP contribution in [-0.2, 0) is 9.47 Å². The van der Waals surface area contributed by atoms with Crippen LogP contribution in [0.2, 0.25) is 0 Å². The maximum Gasteiger partial charge on any atom is 0.0589 e. The number of hydrogen-bond acceptors (Lipinski definition) is 4. The summed E-state index contributed by atoms with van der Waals surface area (Å²) in [5.74, 6) is 0. The number of nitrogens with zero attached hydrogens (tertiary/aromatic N) is 1. The van der Waals surface area contributed by atoms with Crippen molar-refractivity contribution in [2.45, 2.75) is 39.0 Å². The van der Waals surface area contributed by atoms with Gasteiger partial charge in [-0.25, -0.2) is 0 Å². The van der Waals surface area contributed by atoms with Gasteiger partial charge in [0.05, 0.1) is 6.61 Å². The molecule has 0 aliphatic carbocycles. The van der Waals surface area contributed by atoms with Crippen molar-refractivity contribution < 1.29 is 9.47 Å². The van der Waals surface area contributed by atoms with Gasteiger partial charge in [-0.1, -0.05) is 13.3 Å². The molecule has 0 aromatic carbocycles. The Morgan fingerprint density at radius 1 is 0.789 bits per heavy atom. The fourth-order valence-corrected chi connectivity index (χ4v) is 2.05. The first-order chi connectivity index (χ1) is 9.35. The predicted molar refractivity (Wildman–Crippen MR) is 81.8 cm³/mol. The van der Waals surface area contributed by atoms with Gasteiger partial charge in [0.1, 0.15) is 0 Å². The van der Waals surface area contributed by atoms with Crippen LogP contribution in [0.15, 0.2) is 0 Å². The number of hydrogen-bond donors (Lipinski definition) is 1. The molecule has 0 aromatic heterocycles. The fraction of sp³-hybridized carbons (Fsp3) is 1.00. The Morgan fingerprint density at radius 3 is 2.21 bits per heavy atom. The van der Waals surface area contributed by atoms with Crippen molar-refractivity contribution in [1.29, 1.82) is 0 Å². The lowest BCUT2D eigenvalue weighted by molar-refractivity contribution is 0.131. The minimum absolute atomic E-state index is 0.824. The maximum absolute atomic E-state index is 5.17. The average molecular weight is 274 g/mol. The van der Waals surface area contributed by atoms with Crippen molar-refractivity contribution in [2.75, 3.05) is 60.2 Å². The van der Waals surface area contributed by atoms with Gasteiger partial charge in [0.15, 0.2) is 0 Å². The van der Waals surface area contributed by atoms with E-state index in [-0.39, 0.29) is 0 Å². The third kappa shape index (κ3) is 14.1. The first-order valence-electron chi connectivity index (χ1n) is 7.76. The SMILES string of the molecule is CCCNCCCCCN(CCCOC)CCOC. The monoisotopic (exact) mass is 274 g/mol. The van der Waals surface area contributed by atoms with Crippen LogP contribution in [0.5, 0.6) is 0 Å². The molecule has 0 spiro atoms. The standard InChI is InChI=1S/C15H34N2O2/c1-4-9-16-10-6-5-7-11-17(13-15-19-3)12-8-14-18-2/h16H,4-15H2,1-3H3. The molecule has 4 heteroatoms. The molecule has 0 rings (SSSR count). The van der Waals surface area contributed by atoms with E-state index in [1.807, 2.05) is 0 Å². The van der Waals surface area contributed by atoms with E-state index in [0.29, 0.717) is 0 Å². The summed E-state index contributed by atoms with van der Waals surface area (Å²) in [6.45, 7) is 9.53. The Balaban J connectivity index is 3.49. The topological polar surface area (TPSA) is 33.7 Å². The quantitative estimate of drug-likeness (QED) is 0.464. The predicted octanol–water partition coefficient (Wildman–Crippen LogP) is 2.14. The van der Waals surface area contributed by atoms with Crippen molar-refractivity contribution in [2.24, 2.45) is 0 Å². The second-order valence-electron chi connectivity index (χ2n) is 4.99. The van der Waals surface area contributed by atoms with Gasteiger partial charge in [-0.05, 0) is 45.3 Å². The van der Waals surface area contributed by atoms with E-state index in [2.05, 4.69) is 17.1 Å². The Bertz CT molecular complexity index is 168. The van der Waals surface area contributed by atoms with Crippen LogP contribution in [-0.4, -0.2) is 65.1 Å². The first kappa shape index (κ1) is 18.8. The zero-order valence-corrected chi connectivity index (χ0v) is 13.2. The molecule has 0 amide bonds. The number of nitrogens with one attached hydrogen (secondary N) is 1. The minimum atomic E-state index is 0.824. The van der Waals surface area contributed by atoms with Crippen LogP contribution in [0, 0.1) is 0 Å². The van der Waals surface area contributed by atoms with E-state index in [1.165, 1.54) is 32.2 Å². The highest BCUT2D eigenvalue weighted by Gasteiger charge is 2.04. The lowest BCUT2D eigenvalue weighted by Gasteiger charge is -2.21. The van der Waals surface area contributed by atoms with Crippen molar-refractivity contribution in [3.05, 3.63) is 0 Å². The highest BCUT2D eigenvalue weighted by Crippen LogP contribution is 2.00. The molecule has 0 saturated carbocycles. The second kappa shape index (κ2) is 15.9. The van der Waals surface area contributed by atoms with Crippen molar-refractivity contribution >= 4 is 0 Å². The Labute approximate surface area is 119 Å². The lowest BCUT2D eigenvalue weighted by Crippen LogP contribution is -2.30. The minimum Gasteiger partial charge on any atom is -0.385 e. The van der Waals surface area contributed by atoms with Gasteiger partial charge in [-0.2, -0.15) is 0 Å². The Kier molecular flexibility index (Phi) is 15.8. The molecule has 0 saturated heterocycles. The van der Waals surface area contributed by atoms with Crippen LogP contribution >= 0.6 is 0 Å². The van der Waals surface area contributed by atoms with Crippen molar-refractivity contribution in [3.8, 4) is 0 Å². The van der Waals surface area contributed by atoms with E-state index in [1.54, 1.807) is 14.2 Å². The summed E-state index contributed by atoms with van der Waals surface area (Å²) < 4.78 is 10.3. The van der Waals surface area contributed by atoms with Crippen molar-refractivity contribution in [3.63, 3.8) is 0 Å². The number of methoxy groups -OCH3 is 2. The van der Waals surface area contributed by atoms with Crippen LogP contribution in [0.3, 0.4) is 0 Å². The highest BCUT2D eigenvalue weighted by molar-refractivity contribution is 4.59. The summed E-state index contributed by atoms with van der Waals surface area (Å²) in [4.78, 5) is 2.49. The molecular formula is C15H34N2O2. The summed E-state index contributed by atoms with van der Waals surface area (Å²) >= 11 is 0. The van der Waals surface area contributed by atoms with Gasteiger partial charge in [-0.3, -0.25) is 0 Å². The van der Waals surface area contributed by atoms with Gasteiger partial charge in [-0.15, -0.1) is 0 Å². The molecule has 0 bridgehead atoms. The van der Waals surface area contributed by atoms with E-state index < -0.39 is 0 Å². The van der Waals surface area contributed by atoms with Gasteiger partial charge >= 0.3 is 0 Å². The average Bonchev–Trinajstić information content (AvgIpc) is 2.43. The summed E-state index contributed by atoms with van der Waals surface area (Å²) in [6, 6.07) is 0. The molecule has 0 fully saturated rings. The first-order valence-corrected chi connectivity index (χ1v) is 7.76. The molecule has 0 heterocycles.